The molecule has 0 aromatic heterocycles. The fourth-order valence-corrected chi connectivity index (χ4v) is 4.90. The molecule has 0 unspecified atom stereocenters. The van der Waals surface area contributed by atoms with Crippen molar-refractivity contribution < 1.29 is 23.8 Å². The molecule has 0 spiro atoms. The predicted molar refractivity (Wildman–Crippen MR) is 139 cm³/mol. The van der Waals surface area contributed by atoms with Crippen LogP contribution in [0.1, 0.15) is 69.4 Å². The first-order chi connectivity index (χ1) is 17.5. The minimum atomic E-state index is -0.509. The number of dihydropyridines is 1. The Balaban J connectivity index is 1.67. The van der Waals surface area contributed by atoms with Crippen molar-refractivity contribution in [3.05, 3.63) is 82.2 Å². The van der Waals surface area contributed by atoms with Crippen molar-refractivity contribution in [1.29, 1.82) is 0 Å². The Morgan fingerprint density at radius 2 is 1.86 bits per heavy atom. The average molecular weight is 490 g/mol. The Bertz CT molecular complexity index is 1170. The lowest BCUT2D eigenvalue weighted by atomic mass is 9.75. The number of hydrogen-bond donors (Lipinski definition) is 1. The molecular formula is C30H35NO5. The van der Waals surface area contributed by atoms with Crippen LogP contribution in [0.2, 0.25) is 0 Å². The van der Waals surface area contributed by atoms with Gasteiger partial charge < -0.3 is 19.5 Å². The van der Waals surface area contributed by atoms with Crippen molar-refractivity contribution in [3.8, 4) is 11.5 Å². The van der Waals surface area contributed by atoms with E-state index in [0.29, 0.717) is 42.3 Å². The summed E-state index contributed by atoms with van der Waals surface area (Å²) in [4.78, 5) is 26.4. The van der Waals surface area contributed by atoms with Crippen LogP contribution in [-0.4, -0.2) is 25.5 Å². The highest BCUT2D eigenvalue weighted by molar-refractivity contribution is 6.03. The summed E-state index contributed by atoms with van der Waals surface area (Å²) in [5, 5.41) is 3.34. The van der Waals surface area contributed by atoms with E-state index in [1.807, 2.05) is 55.5 Å². The number of Topliss-reactive ketones (excluding diaryl/α,β-unsaturated/α-hetero) is 1. The summed E-state index contributed by atoms with van der Waals surface area (Å²) in [5.74, 6) is 0.341. The third kappa shape index (κ3) is 5.64. The van der Waals surface area contributed by atoms with Crippen molar-refractivity contribution in [3.63, 3.8) is 0 Å². The van der Waals surface area contributed by atoms with E-state index >= 15 is 0 Å². The maximum atomic E-state index is 13.3. The standard InChI is InChI=1S/C30H35NO5/c1-4-5-9-17-35-30(33)27-20(2)31-23-13-10-14-24(32)29(23)28(27)22-15-16-25(26(18-22)34-3)36-19-21-11-7-6-8-12-21/h6-8,11-12,15-16,18,28,31H,4-5,9-10,13-14,17,19H2,1-3H3/t28-/m1/s1. The van der Waals surface area contributed by atoms with E-state index in [-0.39, 0.29) is 11.8 Å². The maximum absolute atomic E-state index is 13.3. The summed E-state index contributed by atoms with van der Waals surface area (Å²) in [5.41, 5.74) is 4.64. The highest BCUT2D eigenvalue weighted by atomic mass is 16.5. The van der Waals surface area contributed by atoms with Gasteiger partial charge in [0.15, 0.2) is 17.3 Å². The van der Waals surface area contributed by atoms with Crippen LogP contribution in [0.25, 0.3) is 0 Å². The Morgan fingerprint density at radius 1 is 1.06 bits per heavy atom. The molecule has 36 heavy (non-hydrogen) atoms. The molecule has 1 aliphatic heterocycles. The molecule has 0 amide bonds. The molecule has 4 rings (SSSR count). The molecule has 1 aliphatic carbocycles. The highest BCUT2D eigenvalue weighted by Crippen LogP contribution is 2.44. The molecule has 6 heteroatoms. The summed E-state index contributed by atoms with van der Waals surface area (Å²) < 4.78 is 17.4. The minimum absolute atomic E-state index is 0.0703. The number of allylic oxidation sites excluding steroid dienone is 3. The molecule has 1 heterocycles. The van der Waals surface area contributed by atoms with E-state index in [4.69, 9.17) is 14.2 Å². The van der Waals surface area contributed by atoms with E-state index < -0.39 is 5.92 Å². The van der Waals surface area contributed by atoms with E-state index in [1.54, 1.807) is 7.11 Å². The first-order valence-corrected chi connectivity index (χ1v) is 12.8. The van der Waals surface area contributed by atoms with Gasteiger partial charge >= 0.3 is 5.97 Å². The van der Waals surface area contributed by atoms with Crippen molar-refractivity contribution in [2.24, 2.45) is 0 Å². The molecule has 0 radical (unpaired) electrons. The number of nitrogens with one attached hydrogen (secondary N) is 1. The molecule has 6 nitrogen and oxygen atoms in total. The molecule has 1 N–H and O–H groups in total. The second-order valence-electron chi connectivity index (χ2n) is 9.29. The van der Waals surface area contributed by atoms with Gasteiger partial charge in [-0.25, -0.2) is 4.79 Å². The van der Waals surface area contributed by atoms with Gasteiger partial charge in [0, 0.05) is 29.3 Å². The van der Waals surface area contributed by atoms with Gasteiger partial charge in [0.05, 0.1) is 19.3 Å². The molecule has 0 saturated carbocycles. The number of esters is 1. The van der Waals surface area contributed by atoms with Gasteiger partial charge in [-0.15, -0.1) is 0 Å². The van der Waals surface area contributed by atoms with Crippen LogP contribution in [0, 0.1) is 0 Å². The SMILES string of the molecule is CCCCCOC(=O)C1=C(C)NC2=C(C(=O)CCC2)[C@@H]1c1ccc(OCc2ccccc2)c(OC)c1. The Kier molecular flexibility index (Phi) is 8.47. The van der Waals surface area contributed by atoms with Gasteiger partial charge in [-0.05, 0) is 49.4 Å². The fourth-order valence-electron chi connectivity index (χ4n) is 4.90. The molecule has 2 aromatic carbocycles. The molecule has 0 saturated heterocycles. The van der Waals surface area contributed by atoms with E-state index in [2.05, 4.69) is 12.2 Å². The quantitative estimate of drug-likeness (QED) is 0.327. The van der Waals surface area contributed by atoms with Crippen LogP contribution in [0.4, 0.5) is 0 Å². The molecular weight excluding hydrogens is 454 g/mol. The number of unbranched alkanes of at least 4 members (excludes halogenated alkanes) is 2. The Hall–Kier alpha value is -3.54. The number of benzene rings is 2. The highest BCUT2D eigenvalue weighted by Gasteiger charge is 2.39. The lowest BCUT2D eigenvalue weighted by molar-refractivity contribution is -0.139. The third-order valence-electron chi connectivity index (χ3n) is 6.74. The van der Waals surface area contributed by atoms with Crippen LogP contribution in [0.3, 0.4) is 0 Å². The normalized spacial score (nSPS) is 17.4. The average Bonchev–Trinajstić information content (AvgIpc) is 2.89. The van der Waals surface area contributed by atoms with Gasteiger partial charge in [0.2, 0.25) is 0 Å². The summed E-state index contributed by atoms with van der Waals surface area (Å²) in [6.45, 7) is 4.77. The monoisotopic (exact) mass is 489 g/mol. The second-order valence-corrected chi connectivity index (χ2v) is 9.29. The predicted octanol–water partition coefficient (Wildman–Crippen LogP) is 5.98. The Labute approximate surface area is 213 Å². The summed E-state index contributed by atoms with van der Waals surface area (Å²) in [6, 6.07) is 15.6. The van der Waals surface area contributed by atoms with E-state index in [1.165, 1.54) is 0 Å². The third-order valence-corrected chi connectivity index (χ3v) is 6.74. The zero-order valence-electron chi connectivity index (χ0n) is 21.4. The summed E-state index contributed by atoms with van der Waals surface area (Å²) >= 11 is 0. The van der Waals surface area contributed by atoms with Crippen LogP contribution >= 0.6 is 0 Å². The lowest BCUT2D eigenvalue weighted by Crippen LogP contribution is -2.34. The van der Waals surface area contributed by atoms with Crippen molar-refractivity contribution in [2.75, 3.05) is 13.7 Å². The van der Waals surface area contributed by atoms with Crippen molar-refractivity contribution in [1.82, 2.24) is 5.32 Å². The van der Waals surface area contributed by atoms with Crippen LogP contribution in [0.5, 0.6) is 11.5 Å². The van der Waals surface area contributed by atoms with Crippen LogP contribution < -0.4 is 14.8 Å². The van der Waals surface area contributed by atoms with Gasteiger partial charge in [-0.1, -0.05) is 56.2 Å². The zero-order valence-corrected chi connectivity index (χ0v) is 21.4. The number of methoxy groups -OCH3 is 1. The number of hydrogen-bond acceptors (Lipinski definition) is 6. The van der Waals surface area contributed by atoms with Crippen molar-refractivity contribution >= 4 is 11.8 Å². The molecule has 0 fully saturated rings. The second kappa shape index (κ2) is 11.9. The summed E-state index contributed by atoms with van der Waals surface area (Å²) in [7, 11) is 1.59. The minimum Gasteiger partial charge on any atom is -0.493 e. The topological polar surface area (TPSA) is 73.9 Å². The molecule has 2 aliphatic rings. The summed E-state index contributed by atoms with van der Waals surface area (Å²) in [6.07, 6.45) is 4.93. The number of ketones is 1. The van der Waals surface area contributed by atoms with E-state index in [0.717, 1.165) is 54.6 Å². The van der Waals surface area contributed by atoms with Gasteiger partial charge in [-0.2, -0.15) is 0 Å². The first kappa shape index (κ1) is 25.5. The van der Waals surface area contributed by atoms with Gasteiger partial charge in [0.1, 0.15) is 6.61 Å². The number of carbonyl (C=O) groups is 2. The smallest absolute Gasteiger partial charge is 0.336 e. The van der Waals surface area contributed by atoms with Gasteiger partial charge in [0.25, 0.3) is 0 Å². The first-order valence-electron chi connectivity index (χ1n) is 12.8. The molecule has 1 atom stereocenters. The van der Waals surface area contributed by atoms with Crippen LogP contribution in [-0.2, 0) is 20.9 Å². The number of carbonyl (C=O) groups excluding carboxylic acids is 2. The Morgan fingerprint density at radius 3 is 2.61 bits per heavy atom. The number of ether oxygens (including phenoxy) is 3. The van der Waals surface area contributed by atoms with Gasteiger partial charge in [-0.3, -0.25) is 4.79 Å². The number of rotatable bonds is 10. The van der Waals surface area contributed by atoms with E-state index in [9.17, 15) is 9.59 Å². The fraction of sp³-hybridized carbons (Fsp3) is 0.400. The molecule has 2 aromatic rings. The maximum Gasteiger partial charge on any atom is 0.336 e. The van der Waals surface area contributed by atoms with Crippen molar-refractivity contribution in [2.45, 2.75) is 64.9 Å². The zero-order chi connectivity index (χ0) is 25.5. The molecule has 190 valence electrons. The molecule has 0 bridgehead atoms. The largest absolute Gasteiger partial charge is 0.493 e. The lowest BCUT2D eigenvalue weighted by Gasteiger charge is -2.34. The van der Waals surface area contributed by atoms with Crippen LogP contribution in [0.15, 0.2) is 71.1 Å².